The maximum Gasteiger partial charge on any atom is 0.240 e. The molecule has 2 amide bonds. The number of hydrogen-bond acceptors (Lipinski definition) is 3. The van der Waals surface area contributed by atoms with E-state index in [0.717, 1.165) is 17.7 Å². The molecule has 0 saturated heterocycles. The lowest BCUT2D eigenvalue weighted by Gasteiger charge is -2.33. The van der Waals surface area contributed by atoms with Crippen molar-refractivity contribution in [3.63, 3.8) is 0 Å². The van der Waals surface area contributed by atoms with E-state index in [4.69, 9.17) is 12.2 Å². The predicted molar refractivity (Wildman–Crippen MR) is 107 cm³/mol. The number of rotatable bonds is 4. The minimum Gasteiger partial charge on any atom is -0.361 e. The summed E-state index contributed by atoms with van der Waals surface area (Å²) < 4.78 is 0. The van der Waals surface area contributed by atoms with Gasteiger partial charge in [-0.1, -0.05) is 38.1 Å². The monoisotopic (exact) mass is 374 g/mol. The number of thiocarbonyl (C=S) groups is 1. The first kappa shape index (κ1) is 19.9. The number of carbonyl (C=O) groups excluding carboxylic acids is 2. The van der Waals surface area contributed by atoms with Crippen LogP contribution < -0.4 is 10.7 Å². The highest BCUT2D eigenvalue weighted by molar-refractivity contribution is 7.80. The van der Waals surface area contributed by atoms with Gasteiger partial charge in [-0.25, -0.2) is 0 Å². The number of amides is 2. The second-order valence-corrected chi connectivity index (χ2v) is 7.15. The van der Waals surface area contributed by atoms with E-state index in [1.54, 1.807) is 18.1 Å². The van der Waals surface area contributed by atoms with Gasteiger partial charge in [0.05, 0.1) is 12.5 Å². The molecule has 0 fully saturated rings. The van der Waals surface area contributed by atoms with Gasteiger partial charge in [-0.2, -0.15) is 0 Å². The van der Waals surface area contributed by atoms with Crippen molar-refractivity contribution >= 4 is 35.2 Å². The number of nitrogens with zero attached hydrogens (tertiary/aromatic N) is 2. The molecule has 0 spiro atoms. The van der Waals surface area contributed by atoms with Gasteiger partial charge < -0.3 is 10.2 Å². The Morgan fingerprint density at radius 3 is 2.65 bits per heavy atom. The number of hydrogen-bond donors (Lipinski definition) is 2. The molecule has 6 nitrogen and oxygen atoms in total. The van der Waals surface area contributed by atoms with Crippen molar-refractivity contribution in [2.24, 2.45) is 5.92 Å². The Kier molecular flexibility index (Phi) is 6.74. The normalized spacial score (nSPS) is 15.4. The molecular formula is C19H26N4O2S. The number of carbonyl (C=O) groups is 2. The summed E-state index contributed by atoms with van der Waals surface area (Å²) in [5.41, 5.74) is 4.75. The SMILES string of the molecule is CC(=O)N1C=Cc2ccccc2C1CC(=O)NN(C)C(=S)NCC(C)C. The molecule has 1 unspecified atom stereocenters. The average molecular weight is 375 g/mol. The Morgan fingerprint density at radius 2 is 2.00 bits per heavy atom. The summed E-state index contributed by atoms with van der Waals surface area (Å²) in [6.45, 7) is 6.40. The maximum absolute atomic E-state index is 12.5. The van der Waals surface area contributed by atoms with Crippen molar-refractivity contribution in [1.82, 2.24) is 20.7 Å². The molecule has 0 aliphatic carbocycles. The van der Waals surface area contributed by atoms with Crippen molar-refractivity contribution in [2.75, 3.05) is 13.6 Å². The third-order valence-corrected chi connectivity index (χ3v) is 4.52. The molecule has 7 heteroatoms. The van der Waals surface area contributed by atoms with Crippen molar-refractivity contribution in [1.29, 1.82) is 0 Å². The van der Waals surface area contributed by atoms with Crippen LogP contribution in [0.25, 0.3) is 6.08 Å². The molecule has 2 N–H and O–H groups in total. The van der Waals surface area contributed by atoms with Gasteiger partial charge in [-0.05, 0) is 35.3 Å². The van der Waals surface area contributed by atoms with Crippen LogP contribution in [0.4, 0.5) is 0 Å². The molecule has 1 heterocycles. The van der Waals surface area contributed by atoms with Crippen molar-refractivity contribution in [3.05, 3.63) is 41.6 Å². The molecule has 1 aliphatic rings. The Balaban J connectivity index is 2.05. The zero-order chi connectivity index (χ0) is 19.3. The quantitative estimate of drug-likeness (QED) is 0.626. The first-order chi connectivity index (χ1) is 12.3. The van der Waals surface area contributed by atoms with Gasteiger partial charge in [0, 0.05) is 26.7 Å². The van der Waals surface area contributed by atoms with E-state index in [2.05, 4.69) is 24.6 Å². The number of fused-ring (bicyclic) bond motifs is 1. The Morgan fingerprint density at radius 1 is 1.31 bits per heavy atom. The summed E-state index contributed by atoms with van der Waals surface area (Å²) in [5.74, 6) is 0.144. The molecule has 0 radical (unpaired) electrons. The lowest BCUT2D eigenvalue weighted by molar-refractivity contribution is -0.130. The van der Waals surface area contributed by atoms with E-state index in [1.165, 1.54) is 11.9 Å². The van der Waals surface area contributed by atoms with E-state index in [9.17, 15) is 9.59 Å². The first-order valence-corrected chi connectivity index (χ1v) is 9.07. The second kappa shape index (κ2) is 8.80. The van der Waals surface area contributed by atoms with Crippen LogP contribution in [0.15, 0.2) is 30.5 Å². The fourth-order valence-corrected chi connectivity index (χ4v) is 2.91. The zero-order valence-corrected chi connectivity index (χ0v) is 16.5. The van der Waals surface area contributed by atoms with Crippen LogP contribution in [0.5, 0.6) is 0 Å². The van der Waals surface area contributed by atoms with Gasteiger partial charge in [0.25, 0.3) is 0 Å². The van der Waals surface area contributed by atoms with Gasteiger partial charge in [0.15, 0.2) is 5.11 Å². The zero-order valence-electron chi connectivity index (χ0n) is 15.7. The fraction of sp³-hybridized carbons (Fsp3) is 0.421. The summed E-state index contributed by atoms with van der Waals surface area (Å²) in [4.78, 5) is 26.1. The summed E-state index contributed by atoms with van der Waals surface area (Å²) in [5, 5.41) is 5.06. The van der Waals surface area contributed by atoms with E-state index < -0.39 is 0 Å². The Labute approximate surface area is 160 Å². The molecule has 1 aromatic carbocycles. The Hall–Kier alpha value is -2.41. The van der Waals surface area contributed by atoms with Crippen molar-refractivity contribution in [2.45, 2.75) is 33.2 Å². The van der Waals surface area contributed by atoms with E-state index in [1.807, 2.05) is 30.3 Å². The van der Waals surface area contributed by atoms with Crippen LogP contribution in [-0.2, 0) is 9.59 Å². The van der Waals surface area contributed by atoms with E-state index in [0.29, 0.717) is 11.0 Å². The maximum atomic E-state index is 12.5. The summed E-state index contributed by atoms with van der Waals surface area (Å²) in [7, 11) is 1.70. The second-order valence-electron chi connectivity index (χ2n) is 6.76. The summed E-state index contributed by atoms with van der Waals surface area (Å²) in [6.07, 6.45) is 3.78. The molecule has 0 aromatic heterocycles. The third-order valence-electron chi connectivity index (χ3n) is 4.11. The predicted octanol–water partition coefficient (Wildman–Crippen LogP) is 2.44. The minimum absolute atomic E-state index is 0.101. The highest BCUT2D eigenvalue weighted by atomic mass is 32.1. The molecule has 1 aromatic rings. The molecule has 140 valence electrons. The van der Waals surface area contributed by atoms with Gasteiger partial charge in [-0.15, -0.1) is 0 Å². The summed E-state index contributed by atoms with van der Waals surface area (Å²) >= 11 is 5.27. The lowest BCUT2D eigenvalue weighted by Crippen LogP contribution is -2.49. The molecule has 2 rings (SSSR count). The smallest absolute Gasteiger partial charge is 0.240 e. The topological polar surface area (TPSA) is 64.7 Å². The largest absolute Gasteiger partial charge is 0.361 e. The van der Waals surface area contributed by atoms with E-state index in [-0.39, 0.29) is 24.3 Å². The standard InChI is InChI=1S/C19H26N4O2S/c1-13(2)12-20-19(26)22(4)21-18(25)11-17-16-8-6-5-7-15(16)9-10-23(17)14(3)24/h5-10,13,17H,11-12H2,1-4H3,(H,20,26)(H,21,25). The highest BCUT2D eigenvalue weighted by Crippen LogP contribution is 2.32. The number of hydrazine groups is 1. The van der Waals surface area contributed by atoms with Crippen LogP contribution in [0.3, 0.4) is 0 Å². The van der Waals surface area contributed by atoms with Gasteiger partial charge in [0.2, 0.25) is 11.8 Å². The van der Waals surface area contributed by atoms with Crippen LogP contribution in [0.1, 0.15) is 44.4 Å². The van der Waals surface area contributed by atoms with E-state index >= 15 is 0 Å². The molecule has 1 aliphatic heterocycles. The average Bonchev–Trinajstić information content (AvgIpc) is 2.59. The van der Waals surface area contributed by atoms with Crippen LogP contribution in [0, 0.1) is 5.92 Å². The van der Waals surface area contributed by atoms with Crippen molar-refractivity contribution < 1.29 is 9.59 Å². The van der Waals surface area contributed by atoms with Gasteiger partial charge in [-0.3, -0.25) is 20.0 Å². The number of nitrogens with one attached hydrogen (secondary N) is 2. The summed E-state index contributed by atoms with van der Waals surface area (Å²) in [6, 6.07) is 7.45. The first-order valence-electron chi connectivity index (χ1n) is 8.66. The van der Waals surface area contributed by atoms with Gasteiger partial charge in [0.1, 0.15) is 0 Å². The number of benzene rings is 1. The van der Waals surface area contributed by atoms with Gasteiger partial charge >= 0.3 is 0 Å². The third kappa shape index (κ3) is 5.05. The molecular weight excluding hydrogens is 348 g/mol. The highest BCUT2D eigenvalue weighted by Gasteiger charge is 2.28. The lowest BCUT2D eigenvalue weighted by atomic mass is 9.93. The molecule has 1 atom stereocenters. The van der Waals surface area contributed by atoms with Crippen LogP contribution in [0.2, 0.25) is 0 Å². The van der Waals surface area contributed by atoms with Crippen LogP contribution in [-0.4, -0.2) is 40.4 Å². The van der Waals surface area contributed by atoms with Crippen LogP contribution >= 0.6 is 12.2 Å². The molecule has 0 bridgehead atoms. The Bertz CT molecular complexity index is 717. The molecule has 0 saturated carbocycles. The molecule has 26 heavy (non-hydrogen) atoms. The minimum atomic E-state index is -0.334. The van der Waals surface area contributed by atoms with Crippen molar-refractivity contribution in [3.8, 4) is 0 Å². The fourth-order valence-electron chi connectivity index (χ4n) is 2.78.